The van der Waals surface area contributed by atoms with Crippen molar-refractivity contribution in [2.24, 2.45) is 5.92 Å². The minimum absolute atomic E-state index is 0.0202. The first-order chi connectivity index (χ1) is 10.2. The third-order valence-corrected chi connectivity index (χ3v) is 4.26. The number of nitrogens with zero attached hydrogens (tertiary/aromatic N) is 1. The van der Waals surface area contributed by atoms with Gasteiger partial charge in [0.05, 0.1) is 25.5 Å². The molecule has 1 amide bonds. The van der Waals surface area contributed by atoms with Gasteiger partial charge in [-0.25, -0.2) is 0 Å². The predicted octanol–water partition coefficient (Wildman–Crippen LogP) is 1.92. The Morgan fingerprint density at radius 3 is 2.76 bits per heavy atom. The third kappa shape index (κ3) is 3.29. The number of nitrogen functional groups attached to an aromatic ring is 1. The van der Waals surface area contributed by atoms with Crippen molar-refractivity contribution in [1.82, 2.24) is 4.90 Å². The molecule has 1 saturated carbocycles. The molecular formula is C16H22N2O3. The lowest BCUT2D eigenvalue weighted by molar-refractivity contribution is 0.0302. The molecule has 3 rings (SSSR count). The van der Waals surface area contributed by atoms with Gasteiger partial charge in [0.25, 0.3) is 5.91 Å². The molecule has 1 aromatic carbocycles. The van der Waals surface area contributed by atoms with Crippen LogP contribution in [0.5, 0.6) is 5.75 Å². The smallest absolute Gasteiger partial charge is 0.254 e. The number of hydrogen-bond donors (Lipinski definition) is 1. The van der Waals surface area contributed by atoms with Crippen LogP contribution in [0.4, 0.5) is 5.69 Å². The fourth-order valence-corrected chi connectivity index (χ4v) is 2.61. The maximum atomic E-state index is 12.4. The molecule has 1 heterocycles. The lowest BCUT2D eigenvalue weighted by Gasteiger charge is -2.27. The van der Waals surface area contributed by atoms with E-state index in [0.29, 0.717) is 55.8 Å². The molecule has 0 bridgehead atoms. The molecule has 2 aliphatic rings. The van der Waals surface area contributed by atoms with Gasteiger partial charge in [0.1, 0.15) is 5.75 Å². The number of morpholine rings is 1. The number of benzene rings is 1. The zero-order chi connectivity index (χ0) is 14.7. The molecule has 0 spiro atoms. The number of carbonyl (C=O) groups excluding carboxylic acids is 1. The highest BCUT2D eigenvalue weighted by molar-refractivity contribution is 5.95. The molecule has 1 aliphatic heterocycles. The van der Waals surface area contributed by atoms with Gasteiger partial charge in [-0.2, -0.15) is 0 Å². The minimum Gasteiger partial charge on any atom is -0.491 e. The van der Waals surface area contributed by atoms with Crippen molar-refractivity contribution in [2.75, 3.05) is 38.6 Å². The van der Waals surface area contributed by atoms with Gasteiger partial charge < -0.3 is 20.1 Å². The average molecular weight is 290 g/mol. The summed E-state index contributed by atoms with van der Waals surface area (Å²) in [5, 5.41) is 0. The van der Waals surface area contributed by atoms with E-state index in [4.69, 9.17) is 15.2 Å². The van der Waals surface area contributed by atoms with Crippen molar-refractivity contribution in [3.8, 4) is 5.75 Å². The van der Waals surface area contributed by atoms with Gasteiger partial charge in [0.15, 0.2) is 0 Å². The van der Waals surface area contributed by atoms with Crippen molar-refractivity contribution in [3.63, 3.8) is 0 Å². The van der Waals surface area contributed by atoms with E-state index in [-0.39, 0.29) is 5.91 Å². The van der Waals surface area contributed by atoms with Crippen LogP contribution in [-0.4, -0.2) is 43.7 Å². The molecule has 1 saturated heterocycles. The zero-order valence-electron chi connectivity index (χ0n) is 12.2. The molecule has 0 atom stereocenters. The Bertz CT molecular complexity index is 508. The summed E-state index contributed by atoms with van der Waals surface area (Å²) in [6, 6.07) is 5.29. The largest absolute Gasteiger partial charge is 0.491 e. The summed E-state index contributed by atoms with van der Waals surface area (Å²) in [5.74, 6) is 1.29. The van der Waals surface area contributed by atoms with Gasteiger partial charge in [-0.1, -0.05) is 6.42 Å². The summed E-state index contributed by atoms with van der Waals surface area (Å²) in [6.45, 7) is 3.18. The third-order valence-electron chi connectivity index (χ3n) is 4.26. The fraction of sp³-hybridized carbons (Fsp3) is 0.562. The van der Waals surface area contributed by atoms with Crippen LogP contribution in [0.1, 0.15) is 29.6 Å². The van der Waals surface area contributed by atoms with Gasteiger partial charge in [0, 0.05) is 18.7 Å². The van der Waals surface area contributed by atoms with Crippen LogP contribution >= 0.6 is 0 Å². The summed E-state index contributed by atoms with van der Waals surface area (Å²) < 4.78 is 11.1. The van der Waals surface area contributed by atoms with Crippen LogP contribution in [0.25, 0.3) is 0 Å². The quantitative estimate of drug-likeness (QED) is 0.860. The highest BCUT2D eigenvalue weighted by Crippen LogP contribution is 2.29. The van der Waals surface area contributed by atoms with Gasteiger partial charge in [-0.15, -0.1) is 0 Å². The van der Waals surface area contributed by atoms with E-state index in [1.807, 2.05) is 4.90 Å². The number of anilines is 1. The Hall–Kier alpha value is -1.75. The van der Waals surface area contributed by atoms with Gasteiger partial charge in [0.2, 0.25) is 0 Å². The molecular weight excluding hydrogens is 268 g/mol. The summed E-state index contributed by atoms with van der Waals surface area (Å²) in [6.07, 6.45) is 3.75. The van der Waals surface area contributed by atoms with Crippen LogP contribution < -0.4 is 10.5 Å². The number of rotatable bonds is 4. The highest BCUT2D eigenvalue weighted by atomic mass is 16.5. The van der Waals surface area contributed by atoms with Crippen molar-refractivity contribution in [3.05, 3.63) is 23.8 Å². The SMILES string of the molecule is Nc1ccc(C(=O)N2CCOCC2)cc1OCC1CCC1. The van der Waals surface area contributed by atoms with E-state index >= 15 is 0 Å². The van der Waals surface area contributed by atoms with Gasteiger partial charge >= 0.3 is 0 Å². The Labute approximate surface area is 125 Å². The van der Waals surface area contributed by atoms with Crippen molar-refractivity contribution < 1.29 is 14.3 Å². The molecule has 0 aromatic heterocycles. The van der Waals surface area contributed by atoms with Crippen molar-refractivity contribution in [1.29, 1.82) is 0 Å². The van der Waals surface area contributed by atoms with Crippen LogP contribution in [0.2, 0.25) is 0 Å². The van der Waals surface area contributed by atoms with E-state index < -0.39 is 0 Å². The minimum atomic E-state index is 0.0202. The lowest BCUT2D eigenvalue weighted by Crippen LogP contribution is -2.40. The topological polar surface area (TPSA) is 64.8 Å². The van der Waals surface area contributed by atoms with Crippen LogP contribution in [-0.2, 0) is 4.74 Å². The predicted molar refractivity (Wildman–Crippen MR) is 80.4 cm³/mol. The normalized spacial score (nSPS) is 19.1. The van der Waals surface area contributed by atoms with Gasteiger partial charge in [-0.3, -0.25) is 4.79 Å². The molecule has 114 valence electrons. The number of hydrogen-bond acceptors (Lipinski definition) is 4. The molecule has 5 heteroatoms. The molecule has 1 aliphatic carbocycles. The summed E-state index contributed by atoms with van der Waals surface area (Å²) in [4.78, 5) is 14.3. The van der Waals surface area contributed by atoms with Gasteiger partial charge in [-0.05, 0) is 37.0 Å². The number of ether oxygens (including phenoxy) is 2. The fourth-order valence-electron chi connectivity index (χ4n) is 2.61. The zero-order valence-corrected chi connectivity index (χ0v) is 12.2. The molecule has 2 N–H and O–H groups in total. The van der Waals surface area contributed by atoms with Crippen LogP contribution in [0.15, 0.2) is 18.2 Å². The summed E-state index contributed by atoms with van der Waals surface area (Å²) in [5.41, 5.74) is 7.17. The van der Waals surface area contributed by atoms with E-state index in [9.17, 15) is 4.79 Å². The lowest BCUT2D eigenvalue weighted by atomic mass is 9.86. The average Bonchev–Trinajstić information content (AvgIpc) is 2.48. The number of amides is 1. The van der Waals surface area contributed by atoms with Crippen LogP contribution in [0.3, 0.4) is 0 Å². The standard InChI is InChI=1S/C16H22N2O3/c17-14-5-4-13(16(19)18-6-8-20-9-7-18)10-15(14)21-11-12-2-1-3-12/h4-5,10,12H,1-3,6-9,11,17H2. The second-order valence-corrected chi connectivity index (χ2v) is 5.77. The Morgan fingerprint density at radius 2 is 2.10 bits per heavy atom. The summed E-state index contributed by atoms with van der Waals surface area (Å²) in [7, 11) is 0. The second-order valence-electron chi connectivity index (χ2n) is 5.77. The van der Waals surface area contributed by atoms with Crippen LogP contribution in [0, 0.1) is 5.92 Å². The van der Waals surface area contributed by atoms with E-state index in [1.54, 1.807) is 18.2 Å². The molecule has 0 unspecified atom stereocenters. The Morgan fingerprint density at radius 1 is 1.33 bits per heavy atom. The highest BCUT2D eigenvalue weighted by Gasteiger charge is 2.21. The Balaban J connectivity index is 1.68. The first kappa shape index (κ1) is 14.2. The van der Waals surface area contributed by atoms with E-state index in [0.717, 1.165) is 0 Å². The monoisotopic (exact) mass is 290 g/mol. The molecule has 21 heavy (non-hydrogen) atoms. The molecule has 1 aromatic rings. The van der Waals surface area contributed by atoms with Crippen molar-refractivity contribution in [2.45, 2.75) is 19.3 Å². The molecule has 2 fully saturated rings. The first-order valence-electron chi connectivity index (χ1n) is 7.63. The first-order valence-corrected chi connectivity index (χ1v) is 7.63. The molecule has 0 radical (unpaired) electrons. The van der Waals surface area contributed by atoms with E-state index in [2.05, 4.69) is 0 Å². The maximum absolute atomic E-state index is 12.4. The number of carbonyl (C=O) groups is 1. The van der Waals surface area contributed by atoms with E-state index in [1.165, 1.54) is 19.3 Å². The maximum Gasteiger partial charge on any atom is 0.254 e. The Kier molecular flexibility index (Phi) is 4.29. The van der Waals surface area contributed by atoms with Crippen molar-refractivity contribution >= 4 is 11.6 Å². The second kappa shape index (κ2) is 6.35. The number of nitrogens with two attached hydrogens (primary N) is 1. The molecule has 5 nitrogen and oxygen atoms in total. The summed E-state index contributed by atoms with van der Waals surface area (Å²) >= 11 is 0.